The molecule has 2 N–H and O–H groups in total. The molecule has 2 nitrogen and oxygen atoms in total. The Bertz CT molecular complexity index is 184. The Kier molecular flexibility index (Phi) is 1.84. The molecule has 2 fully saturated rings. The maximum Gasteiger partial charge on any atom is 0.252 e. The molecule has 2 aliphatic rings. The first-order valence-electron chi connectivity index (χ1n) is 4.47. The summed E-state index contributed by atoms with van der Waals surface area (Å²) in [6, 6.07) is 0. The molecular weight excluding hydrogens is 162 g/mol. The Hall–Kier alpha value is -0.220. The van der Waals surface area contributed by atoms with E-state index in [1.807, 2.05) is 0 Å². The van der Waals surface area contributed by atoms with Gasteiger partial charge < -0.3 is 0 Å². The van der Waals surface area contributed by atoms with Crippen LogP contribution < -0.4 is 5.84 Å². The standard InChI is InChI=1S/C8H14F2N2/c9-8(10)3-1-2-6-4-12(11)5-7(6)8/h6-7H,1-5,11H2/t6-,7-/m1/s1. The summed E-state index contributed by atoms with van der Waals surface area (Å²) in [4.78, 5) is 0. The summed E-state index contributed by atoms with van der Waals surface area (Å²) in [5.41, 5.74) is 0. The molecule has 1 saturated carbocycles. The number of fused-ring (bicyclic) bond motifs is 1. The molecule has 0 aromatic heterocycles. The first-order chi connectivity index (χ1) is 5.59. The average molecular weight is 176 g/mol. The average Bonchev–Trinajstić information content (AvgIpc) is 2.30. The molecule has 70 valence electrons. The van der Waals surface area contributed by atoms with Gasteiger partial charge in [0.25, 0.3) is 5.92 Å². The second kappa shape index (κ2) is 2.64. The molecule has 0 radical (unpaired) electrons. The molecule has 12 heavy (non-hydrogen) atoms. The van der Waals surface area contributed by atoms with Crippen molar-refractivity contribution in [2.24, 2.45) is 17.7 Å². The number of hydrogen-bond donors (Lipinski definition) is 1. The summed E-state index contributed by atoms with van der Waals surface area (Å²) < 4.78 is 26.5. The van der Waals surface area contributed by atoms with E-state index in [0.29, 0.717) is 19.5 Å². The molecule has 0 spiro atoms. The fourth-order valence-corrected chi connectivity index (χ4v) is 2.46. The lowest BCUT2D eigenvalue weighted by Gasteiger charge is -2.32. The summed E-state index contributed by atoms with van der Waals surface area (Å²) in [5, 5.41) is 1.54. The van der Waals surface area contributed by atoms with Gasteiger partial charge in [-0.05, 0) is 18.8 Å². The topological polar surface area (TPSA) is 29.3 Å². The van der Waals surface area contributed by atoms with Crippen LogP contribution in [0.15, 0.2) is 0 Å². The zero-order valence-corrected chi connectivity index (χ0v) is 6.97. The molecule has 0 bridgehead atoms. The highest BCUT2D eigenvalue weighted by Gasteiger charge is 2.50. The summed E-state index contributed by atoms with van der Waals surface area (Å²) in [5.74, 6) is 2.72. The van der Waals surface area contributed by atoms with E-state index in [4.69, 9.17) is 5.84 Å². The molecule has 0 amide bonds. The minimum atomic E-state index is -2.46. The second-order valence-electron chi connectivity index (χ2n) is 3.97. The predicted molar refractivity (Wildman–Crippen MR) is 41.5 cm³/mol. The highest BCUT2D eigenvalue weighted by Crippen LogP contribution is 2.44. The largest absolute Gasteiger partial charge is 0.269 e. The van der Waals surface area contributed by atoms with E-state index in [9.17, 15) is 8.78 Å². The molecule has 0 aromatic carbocycles. The predicted octanol–water partition coefficient (Wildman–Crippen LogP) is 1.23. The fourth-order valence-electron chi connectivity index (χ4n) is 2.46. The maximum atomic E-state index is 13.3. The van der Waals surface area contributed by atoms with Gasteiger partial charge in [0.2, 0.25) is 0 Å². The lowest BCUT2D eigenvalue weighted by molar-refractivity contribution is -0.0945. The molecule has 1 heterocycles. The van der Waals surface area contributed by atoms with E-state index in [1.54, 1.807) is 0 Å². The minimum absolute atomic E-state index is 0.0575. The van der Waals surface area contributed by atoms with Crippen molar-refractivity contribution in [3.63, 3.8) is 0 Å². The molecule has 0 unspecified atom stereocenters. The van der Waals surface area contributed by atoms with Gasteiger partial charge in [-0.25, -0.2) is 13.8 Å². The van der Waals surface area contributed by atoms with Crippen molar-refractivity contribution in [1.29, 1.82) is 0 Å². The van der Waals surface area contributed by atoms with Gasteiger partial charge in [-0.2, -0.15) is 0 Å². The van der Waals surface area contributed by atoms with E-state index >= 15 is 0 Å². The van der Waals surface area contributed by atoms with E-state index in [1.165, 1.54) is 5.01 Å². The summed E-state index contributed by atoms with van der Waals surface area (Å²) in [7, 11) is 0. The first-order valence-corrected chi connectivity index (χ1v) is 4.47. The molecule has 0 aromatic rings. The molecule has 1 aliphatic heterocycles. The van der Waals surface area contributed by atoms with Crippen LogP contribution in [0.2, 0.25) is 0 Å². The van der Waals surface area contributed by atoms with Crippen LogP contribution in [-0.4, -0.2) is 24.0 Å². The van der Waals surface area contributed by atoms with Gasteiger partial charge in [0.1, 0.15) is 0 Å². The molecule has 1 saturated heterocycles. The SMILES string of the molecule is NN1C[C@H]2CCCC(F)(F)[C@@H]2C1. The van der Waals surface area contributed by atoms with E-state index in [-0.39, 0.29) is 12.3 Å². The number of hydrogen-bond acceptors (Lipinski definition) is 2. The smallest absolute Gasteiger partial charge is 0.252 e. The fraction of sp³-hybridized carbons (Fsp3) is 1.00. The third-order valence-corrected chi connectivity index (χ3v) is 3.10. The van der Waals surface area contributed by atoms with Crippen molar-refractivity contribution in [2.75, 3.05) is 13.1 Å². The Balaban J connectivity index is 2.13. The Morgan fingerprint density at radius 1 is 1.33 bits per heavy atom. The molecule has 2 rings (SSSR count). The van der Waals surface area contributed by atoms with Crippen molar-refractivity contribution in [3.05, 3.63) is 0 Å². The molecular formula is C8H14F2N2. The van der Waals surface area contributed by atoms with Gasteiger partial charge in [-0.15, -0.1) is 0 Å². The first kappa shape index (κ1) is 8.38. The lowest BCUT2D eigenvalue weighted by Crippen LogP contribution is -2.38. The Morgan fingerprint density at radius 3 is 2.75 bits per heavy atom. The zero-order chi connectivity index (χ0) is 8.77. The number of nitrogens with zero attached hydrogens (tertiary/aromatic N) is 1. The van der Waals surface area contributed by atoms with Crippen molar-refractivity contribution < 1.29 is 8.78 Å². The number of rotatable bonds is 0. The highest BCUT2D eigenvalue weighted by atomic mass is 19.3. The number of hydrazine groups is 1. The van der Waals surface area contributed by atoms with Crippen LogP contribution in [0.4, 0.5) is 8.78 Å². The summed E-state index contributed by atoms with van der Waals surface area (Å²) in [6.07, 6.45) is 1.64. The third kappa shape index (κ3) is 1.23. The van der Waals surface area contributed by atoms with Crippen molar-refractivity contribution in [2.45, 2.75) is 25.2 Å². The quantitative estimate of drug-likeness (QED) is 0.562. The van der Waals surface area contributed by atoms with Gasteiger partial charge in [-0.3, -0.25) is 5.84 Å². The van der Waals surface area contributed by atoms with Crippen LogP contribution in [0, 0.1) is 11.8 Å². The van der Waals surface area contributed by atoms with Crippen LogP contribution in [0.3, 0.4) is 0 Å². The Labute approximate surface area is 70.7 Å². The maximum absolute atomic E-state index is 13.3. The van der Waals surface area contributed by atoms with Gasteiger partial charge in [0, 0.05) is 25.4 Å². The molecule has 1 aliphatic carbocycles. The van der Waals surface area contributed by atoms with E-state index < -0.39 is 11.8 Å². The van der Waals surface area contributed by atoms with Crippen molar-refractivity contribution >= 4 is 0 Å². The van der Waals surface area contributed by atoms with E-state index in [0.717, 1.165) is 6.42 Å². The van der Waals surface area contributed by atoms with E-state index in [2.05, 4.69) is 0 Å². The van der Waals surface area contributed by atoms with Crippen molar-refractivity contribution in [3.8, 4) is 0 Å². The molecule has 4 heteroatoms. The van der Waals surface area contributed by atoms with Gasteiger partial charge in [0.05, 0.1) is 0 Å². The zero-order valence-electron chi connectivity index (χ0n) is 6.97. The highest BCUT2D eigenvalue weighted by molar-refractivity contribution is 4.94. The van der Waals surface area contributed by atoms with Crippen LogP contribution >= 0.6 is 0 Å². The van der Waals surface area contributed by atoms with Gasteiger partial charge in [-0.1, -0.05) is 0 Å². The minimum Gasteiger partial charge on any atom is -0.269 e. The lowest BCUT2D eigenvalue weighted by atomic mass is 9.79. The van der Waals surface area contributed by atoms with Crippen LogP contribution in [0.1, 0.15) is 19.3 Å². The number of nitrogens with two attached hydrogens (primary N) is 1. The summed E-state index contributed by atoms with van der Waals surface area (Å²) >= 11 is 0. The van der Waals surface area contributed by atoms with Crippen LogP contribution in [0.5, 0.6) is 0 Å². The van der Waals surface area contributed by atoms with Gasteiger partial charge in [0.15, 0.2) is 0 Å². The summed E-state index contributed by atoms with van der Waals surface area (Å²) in [6.45, 7) is 1.03. The van der Waals surface area contributed by atoms with Crippen LogP contribution in [0.25, 0.3) is 0 Å². The normalized spacial score (nSPS) is 41.2. The number of alkyl halides is 2. The second-order valence-corrected chi connectivity index (χ2v) is 3.97. The molecule has 2 atom stereocenters. The van der Waals surface area contributed by atoms with Gasteiger partial charge >= 0.3 is 0 Å². The van der Waals surface area contributed by atoms with Crippen molar-refractivity contribution in [1.82, 2.24) is 5.01 Å². The Morgan fingerprint density at radius 2 is 2.08 bits per heavy atom. The monoisotopic (exact) mass is 176 g/mol. The number of halogens is 2. The van der Waals surface area contributed by atoms with Crippen LogP contribution in [-0.2, 0) is 0 Å². The third-order valence-electron chi connectivity index (χ3n) is 3.10.